The lowest BCUT2D eigenvalue weighted by atomic mass is 10.1. The largest absolute Gasteiger partial charge is 0.445 e. The molecule has 0 bridgehead atoms. The Morgan fingerprint density at radius 2 is 2.21 bits per heavy atom. The van der Waals surface area contributed by atoms with Gasteiger partial charge in [0.1, 0.15) is 6.26 Å². The highest BCUT2D eigenvalue weighted by Crippen LogP contribution is 2.29. The van der Waals surface area contributed by atoms with Crippen LogP contribution in [0.1, 0.15) is 5.56 Å². The minimum absolute atomic E-state index is 0.653. The molecule has 1 aromatic heterocycles. The van der Waals surface area contributed by atoms with Crippen LogP contribution in [0, 0.1) is 0 Å². The molecule has 0 spiro atoms. The predicted molar refractivity (Wildman–Crippen MR) is 62.3 cm³/mol. The highest BCUT2D eigenvalue weighted by Gasteiger charge is 2.10. The Labute approximate surface area is 98.6 Å². The molecule has 0 amide bonds. The van der Waals surface area contributed by atoms with Gasteiger partial charge in [-0.15, -0.1) is 0 Å². The van der Waals surface area contributed by atoms with E-state index in [0.29, 0.717) is 5.89 Å². The van der Waals surface area contributed by atoms with Crippen LogP contribution in [0.2, 0.25) is 0 Å². The van der Waals surface area contributed by atoms with Crippen molar-refractivity contribution in [3.8, 4) is 11.5 Å². The van der Waals surface area contributed by atoms with Crippen LogP contribution in [0.15, 0.2) is 39.5 Å². The Bertz CT molecular complexity index is 426. The summed E-state index contributed by atoms with van der Waals surface area (Å²) in [5.74, 6) is 0.653. The molecule has 0 fully saturated rings. The van der Waals surface area contributed by atoms with Gasteiger partial charge in [-0.1, -0.05) is 37.9 Å². The monoisotopic (exact) mass is 315 g/mol. The van der Waals surface area contributed by atoms with E-state index in [2.05, 4.69) is 36.8 Å². The lowest BCUT2D eigenvalue weighted by Crippen LogP contribution is -1.87. The van der Waals surface area contributed by atoms with Crippen molar-refractivity contribution in [1.82, 2.24) is 4.98 Å². The van der Waals surface area contributed by atoms with Gasteiger partial charge in [0, 0.05) is 15.4 Å². The molecule has 0 radical (unpaired) electrons. The van der Waals surface area contributed by atoms with E-state index in [1.807, 2.05) is 18.2 Å². The van der Waals surface area contributed by atoms with Crippen molar-refractivity contribution in [1.29, 1.82) is 0 Å². The summed E-state index contributed by atoms with van der Waals surface area (Å²) >= 11 is 6.94. The molecule has 0 unspecified atom stereocenters. The van der Waals surface area contributed by atoms with E-state index in [0.717, 1.165) is 20.9 Å². The number of halogens is 2. The molecule has 0 aliphatic carbocycles. The molecule has 1 heterocycles. The number of oxazole rings is 1. The van der Waals surface area contributed by atoms with Gasteiger partial charge >= 0.3 is 0 Å². The van der Waals surface area contributed by atoms with Gasteiger partial charge in [-0.3, -0.25) is 0 Å². The standard InChI is InChI=1S/C10H7Br2NO/c11-6-8-7(2-1-3-9(8)12)10-13-4-5-14-10/h1-5H,6H2. The second-order valence-electron chi connectivity index (χ2n) is 2.74. The van der Waals surface area contributed by atoms with Crippen molar-refractivity contribution in [2.45, 2.75) is 5.33 Å². The fourth-order valence-electron chi connectivity index (χ4n) is 1.25. The molecule has 0 saturated heterocycles. The van der Waals surface area contributed by atoms with Crippen LogP contribution < -0.4 is 0 Å². The van der Waals surface area contributed by atoms with E-state index in [4.69, 9.17) is 4.42 Å². The topological polar surface area (TPSA) is 26.0 Å². The zero-order chi connectivity index (χ0) is 9.97. The summed E-state index contributed by atoms with van der Waals surface area (Å²) in [6.07, 6.45) is 3.22. The molecule has 14 heavy (non-hydrogen) atoms. The zero-order valence-corrected chi connectivity index (χ0v) is 10.4. The third-order valence-corrected chi connectivity index (χ3v) is 3.22. The molecule has 72 valence electrons. The van der Waals surface area contributed by atoms with Crippen LogP contribution in [-0.2, 0) is 5.33 Å². The lowest BCUT2D eigenvalue weighted by molar-refractivity contribution is 0.574. The van der Waals surface area contributed by atoms with Crippen molar-refractivity contribution in [2.75, 3.05) is 0 Å². The predicted octanol–water partition coefficient (Wildman–Crippen LogP) is 4.00. The van der Waals surface area contributed by atoms with Crippen LogP contribution in [-0.4, -0.2) is 4.98 Å². The van der Waals surface area contributed by atoms with E-state index >= 15 is 0 Å². The second kappa shape index (κ2) is 4.28. The highest BCUT2D eigenvalue weighted by molar-refractivity contribution is 9.10. The zero-order valence-electron chi connectivity index (χ0n) is 7.21. The first-order valence-corrected chi connectivity index (χ1v) is 5.97. The number of aromatic nitrogens is 1. The summed E-state index contributed by atoms with van der Waals surface area (Å²) in [5.41, 5.74) is 2.16. The number of hydrogen-bond acceptors (Lipinski definition) is 2. The third kappa shape index (κ3) is 1.77. The lowest BCUT2D eigenvalue weighted by Gasteiger charge is -2.05. The van der Waals surface area contributed by atoms with Gasteiger partial charge < -0.3 is 4.42 Å². The number of benzene rings is 1. The van der Waals surface area contributed by atoms with Gasteiger partial charge in [0.05, 0.1) is 6.20 Å². The highest BCUT2D eigenvalue weighted by atomic mass is 79.9. The average molecular weight is 317 g/mol. The van der Waals surface area contributed by atoms with Gasteiger partial charge in [-0.05, 0) is 17.7 Å². The number of nitrogens with zero attached hydrogens (tertiary/aromatic N) is 1. The van der Waals surface area contributed by atoms with Gasteiger partial charge in [0.2, 0.25) is 5.89 Å². The van der Waals surface area contributed by atoms with Crippen LogP contribution in [0.25, 0.3) is 11.5 Å². The van der Waals surface area contributed by atoms with Crippen LogP contribution in [0.5, 0.6) is 0 Å². The van der Waals surface area contributed by atoms with E-state index in [-0.39, 0.29) is 0 Å². The van der Waals surface area contributed by atoms with Gasteiger partial charge in [-0.25, -0.2) is 4.98 Å². The van der Waals surface area contributed by atoms with Crippen molar-refractivity contribution in [3.63, 3.8) is 0 Å². The van der Waals surface area contributed by atoms with Crippen molar-refractivity contribution in [2.24, 2.45) is 0 Å². The molecular formula is C10H7Br2NO. The Hall–Kier alpha value is -0.610. The first kappa shape index (κ1) is 9.93. The molecule has 0 saturated carbocycles. The summed E-state index contributed by atoms with van der Waals surface area (Å²) in [6.45, 7) is 0. The summed E-state index contributed by atoms with van der Waals surface area (Å²) in [7, 11) is 0. The van der Waals surface area contributed by atoms with Crippen molar-refractivity contribution >= 4 is 31.9 Å². The summed E-state index contributed by atoms with van der Waals surface area (Å²) < 4.78 is 6.32. The van der Waals surface area contributed by atoms with Gasteiger partial charge in [0.25, 0.3) is 0 Å². The smallest absolute Gasteiger partial charge is 0.226 e. The first-order chi connectivity index (χ1) is 6.83. The molecule has 4 heteroatoms. The first-order valence-electron chi connectivity index (χ1n) is 4.06. The van der Waals surface area contributed by atoms with Gasteiger partial charge in [0.15, 0.2) is 0 Å². The molecule has 2 rings (SSSR count). The minimum Gasteiger partial charge on any atom is -0.445 e. The maximum absolute atomic E-state index is 5.26. The fourth-order valence-corrected chi connectivity index (χ4v) is 2.74. The fraction of sp³-hybridized carbons (Fsp3) is 0.100. The molecular weight excluding hydrogens is 310 g/mol. The van der Waals surface area contributed by atoms with Crippen LogP contribution in [0.3, 0.4) is 0 Å². The normalized spacial score (nSPS) is 10.4. The second-order valence-corrected chi connectivity index (χ2v) is 4.15. The SMILES string of the molecule is BrCc1c(Br)cccc1-c1ncco1. The number of hydrogen-bond donors (Lipinski definition) is 0. The molecule has 0 aliphatic heterocycles. The molecule has 2 aromatic rings. The van der Waals surface area contributed by atoms with Crippen molar-refractivity contribution < 1.29 is 4.42 Å². The summed E-state index contributed by atoms with van der Waals surface area (Å²) in [5, 5.41) is 0.770. The Morgan fingerprint density at radius 3 is 2.86 bits per heavy atom. The van der Waals surface area contributed by atoms with Crippen LogP contribution >= 0.6 is 31.9 Å². The molecule has 0 atom stereocenters. The molecule has 1 aromatic carbocycles. The molecule has 2 nitrogen and oxygen atoms in total. The van der Waals surface area contributed by atoms with E-state index in [1.54, 1.807) is 12.5 Å². The maximum atomic E-state index is 5.26. The third-order valence-electron chi connectivity index (χ3n) is 1.92. The maximum Gasteiger partial charge on any atom is 0.226 e. The van der Waals surface area contributed by atoms with Crippen LogP contribution in [0.4, 0.5) is 0 Å². The average Bonchev–Trinajstić information content (AvgIpc) is 2.70. The Kier molecular flexibility index (Phi) is 3.03. The Morgan fingerprint density at radius 1 is 1.36 bits per heavy atom. The molecule has 0 N–H and O–H groups in total. The minimum atomic E-state index is 0.653. The quantitative estimate of drug-likeness (QED) is 0.783. The number of alkyl halides is 1. The van der Waals surface area contributed by atoms with E-state index in [1.165, 1.54) is 0 Å². The number of rotatable bonds is 2. The Balaban J connectivity index is 2.58. The van der Waals surface area contributed by atoms with Gasteiger partial charge in [-0.2, -0.15) is 0 Å². The van der Waals surface area contributed by atoms with E-state index < -0.39 is 0 Å². The summed E-state index contributed by atoms with van der Waals surface area (Å²) in [6, 6.07) is 5.96. The molecule has 0 aliphatic rings. The van der Waals surface area contributed by atoms with Crippen molar-refractivity contribution in [3.05, 3.63) is 40.7 Å². The van der Waals surface area contributed by atoms with E-state index in [9.17, 15) is 0 Å². The summed E-state index contributed by atoms with van der Waals surface area (Å²) in [4.78, 5) is 4.13.